The van der Waals surface area contributed by atoms with E-state index in [0.717, 1.165) is 84.2 Å². The third kappa shape index (κ3) is 6.89. The standard InChI is InChI=1S/C33H59ClN2O4/c1-31(2)21-36(18-15-33(31,38)23-9-11-24(34)12-10-23)17-6-8-26-27-7-5-16-35-29(27)20-39-30-14-13-25(19-28(26)30)40-32(3,4)22-37/h23-30,35,37-38H,5-22H2,1-4H3/t23?,24?,25-,26?,27?,28+,29+,30?,33?/m0/s1. The lowest BCUT2D eigenvalue weighted by molar-refractivity contribution is -0.161. The van der Waals surface area contributed by atoms with Crippen LogP contribution < -0.4 is 5.32 Å². The number of piperidine rings is 2. The Morgan fingerprint density at radius 2 is 1.85 bits per heavy atom. The van der Waals surface area contributed by atoms with Gasteiger partial charge in [-0.25, -0.2) is 0 Å². The number of fused-ring (bicyclic) bond motifs is 2. The molecule has 3 heterocycles. The Kier molecular flexibility index (Phi) is 10.2. The Hall–Kier alpha value is 0.0500. The fraction of sp³-hybridized carbons (Fsp3) is 1.00. The van der Waals surface area contributed by atoms with Crippen LogP contribution >= 0.6 is 11.6 Å². The summed E-state index contributed by atoms with van der Waals surface area (Å²) in [5, 5.41) is 25.9. The van der Waals surface area contributed by atoms with Crippen molar-refractivity contribution in [1.29, 1.82) is 0 Å². The highest BCUT2D eigenvalue weighted by atomic mass is 35.5. The van der Waals surface area contributed by atoms with Crippen molar-refractivity contribution in [2.45, 2.75) is 140 Å². The first kappa shape index (κ1) is 31.5. The van der Waals surface area contributed by atoms with Crippen LogP contribution in [0.5, 0.6) is 0 Å². The van der Waals surface area contributed by atoms with Crippen molar-refractivity contribution in [2.24, 2.45) is 29.1 Å². The van der Waals surface area contributed by atoms with Gasteiger partial charge in [-0.05, 0) is 128 Å². The van der Waals surface area contributed by atoms with Gasteiger partial charge in [-0.1, -0.05) is 13.8 Å². The lowest BCUT2D eigenvalue weighted by Crippen LogP contribution is -2.61. The molecule has 6 nitrogen and oxygen atoms in total. The quantitative estimate of drug-likeness (QED) is 0.334. The van der Waals surface area contributed by atoms with E-state index in [1.165, 1.54) is 25.7 Å². The molecular weight excluding hydrogens is 524 g/mol. The third-order valence-electron chi connectivity index (χ3n) is 11.8. The Morgan fingerprint density at radius 1 is 1.07 bits per heavy atom. The fourth-order valence-corrected chi connectivity index (χ4v) is 9.76. The number of halogens is 1. The summed E-state index contributed by atoms with van der Waals surface area (Å²) in [4.78, 5) is 2.64. The Morgan fingerprint density at radius 3 is 2.58 bits per heavy atom. The van der Waals surface area contributed by atoms with Crippen molar-refractivity contribution in [3.05, 3.63) is 0 Å². The number of ether oxygens (including phenoxy) is 2. The summed E-state index contributed by atoms with van der Waals surface area (Å²) in [6.07, 6.45) is 13.8. The molecule has 0 radical (unpaired) electrons. The first-order chi connectivity index (χ1) is 19.0. The monoisotopic (exact) mass is 582 g/mol. The van der Waals surface area contributed by atoms with E-state index >= 15 is 0 Å². The maximum Gasteiger partial charge on any atom is 0.0859 e. The van der Waals surface area contributed by atoms with Gasteiger partial charge in [0.2, 0.25) is 0 Å². The van der Waals surface area contributed by atoms with Gasteiger partial charge in [-0.2, -0.15) is 0 Å². The van der Waals surface area contributed by atoms with Crippen molar-refractivity contribution in [2.75, 3.05) is 39.4 Å². The lowest BCUT2D eigenvalue weighted by atomic mass is 9.60. The smallest absolute Gasteiger partial charge is 0.0859 e. The highest BCUT2D eigenvalue weighted by molar-refractivity contribution is 6.20. The van der Waals surface area contributed by atoms with E-state index in [2.05, 4.69) is 24.1 Å². The zero-order valence-corrected chi connectivity index (χ0v) is 26.6. The summed E-state index contributed by atoms with van der Waals surface area (Å²) in [5.41, 5.74) is -1.17. The molecule has 3 N–H and O–H groups in total. The van der Waals surface area contributed by atoms with Crippen LogP contribution in [0, 0.1) is 29.1 Å². The van der Waals surface area contributed by atoms with Crippen molar-refractivity contribution < 1.29 is 19.7 Å². The van der Waals surface area contributed by atoms with Crippen LogP contribution in [0.25, 0.3) is 0 Å². The highest BCUT2D eigenvalue weighted by Crippen LogP contribution is 2.49. The second-order valence-electron chi connectivity index (χ2n) is 15.5. The molecule has 2 aliphatic carbocycles. The van der Waals surface area contributed by atoms with Gasteiger partial charge < -0.3 is 29.9 Å². The van der Waals surface area contributed by atoms with Crippen LogP contribution in [-0.2, 0) is 9.47 Å². The summed E-state index contributed by atoms with van der Waals surface area (Å²) in [6, 6.07) is 0.476. The molecule has 0 aromatic carbocycles. The van der Waals surface area contributed by atoms with Gasteiger partial charge in [0, 0.05) is 29.9 Å². The van der Waals surface area contributed by atoms with Gasteiger partial charge in [0.15, 0.2) is 0 Å². The van der Waals surface area contributed by atoms with E-state index in [9.17, 15) is 10.2 Å². The van der Waals surface area contributed by atoms with Crippen LogP contribution in [0.3, 0.4) is 0 Å². The average molecular weight is 583 g/mol. The minimum Gasteiger partial charge on any atom is -0.393 e. The number of nitrogens with one attached hydrogen (secondary N) is 1. The molecule has 232 valence electrons. The normalized spacial score (nSPS) is 43.0. The van der Waals surface area contributed by atoms with Crippen molar-refractivity contribution in [3.63, 3.8) is 0 Å². The van der Waals surface area contributed by atoms with E-state index in [0.29, 0.717) is 41.2 Å². The van der Waals surface area contributed by atoms with Gasteiger partial charge >= 0.3 is 0 Å². The summed E-state index contributed by atoms with van der Waals surface area (Å²) in [6.45, 7) is 13.7. The summed E-state index contributed by atoms with van der Waals surface area (Å²) in [7, 11) is 0. The van der Waals surface area contributed by atoms with Crippen molar-refractivity contribution >= 4 is 11.6 Å². The van der Waals surface area contributed by atoms with E-state index < -0.39 is 11.2 Å². The van der Waals surface area contributed by atoms with Crippen molar-refractivity contribution in [3.8, 4) is 0 Å². The number of rotatable bonds is 8. The number of likely N-dealkylation sites (tertiary alicyclic amines) is 1. The molecule has 4 unspecified atom stereocenters. The predicted octanol–water partition coefficient (Wildman–Crippen LogP) is 5.37. The van der Waals surface area contributed by atoms with E-state index in [-0.39, 0.29) is 18.1 Å². The number of alkyl halides is 1. The Balaban J connectivity index is 1.21. The third-order valence-corrected chi connectivity index (χ3v) is 12.3. The molecule has 5 aliphatic rings. The largest absolute Gasteiger partial charge is 0.393 e. The molecule has 5 rings (SSSR count). The number of hydrogen-bond acceptors (Lipinski definition) is 6. The topological polar surface area (TPSA) is 74.2 Å². The maximum absolute atomic E-state index is 12.0. The summed E-state index contributed by atoms with van der Waals surface area (Å²) in [5.74, 6) is 2.24. The average Bonchev–Trinajstić information content (AvgIpc) is 3.07. The fourth-order valence-electron chi connectivity index (χ4n) is 9.51. The van der Waals surface area contributed by atoms with Gasteiger partial charge in [0.05, 0.1) is 36.6 Å². The molecule has 5 fully saturated rings. The molecule has 0 amide bonds. The second kappa shape index (κ2) is 13.0. The lowest BCUT2D eigenvalue weighted by Gasteiger charge is -2.55. The van der Waals surface area contributed by atoms with Crippen LogP contribution in [0.2, 0.25) is 0 Å². The van der Waals surface area contributed by atoms with Crippen LogP contribution in [0.4, 0.5) is 0 Å². The van der Waals surface area contributed by atoms with E-state index in [1.807, 2.05) is 13.8 Å². The molecule has 0 aromatic heterocycles. The molecule has 3 saturated heterocycles. The number of hydrogen-bond donors (Lipinski definition) is 3. The number of aliphatic hydroxyl groups is 2. The van der Waals surface area contributed by atoms with E-state index in [1.54, 1.807) is 0 Å². The summed E-state index contributed by atoms with van der Waals surface area (Å²) >= 11 is 6.40. The molecule has 7 atom stereocenters. The second-order valence-corrected chi connectivity index (χ2v) is 16.1. The van der Waals surface area contributed by atoms with Gasteiger partial charge in [0.25, 0.3) is 0 Å². The molecule has 0 spiro atoms. The first-order valence-corrected chi connectivity index (χ1v) is 17.2. The zero-order valence-electron chi connectivity index (χ0n) is 25.9. The Labute approximate surface area is 249 Å². The maximum atomic E-state index is 12.0. The molecule has 40 heavy (non-hydrogen) atoms. The molecule has 7 heteroatoms. The van der Waals surface area contributed by atoms with Crippen LogP contribution in [0.1, 0.15) is 105 Å². The Bertz CT molecular complexity index is 818. The zero-order chi connectivity index (χ0) is 28.5. The molecular formula is C33H59ClN2O4. The molecule has 0 aromatic rings. The van der Waals surface area contributed by atoms with Crippen molar-refractivity contribution in [1.82, 2.24) is 10.2 Å². The highest BCUT2D eigenvalue weighted by Gasteiger charge is 2.52. The molecule has 3 aliphatic heterocycles. The minimum atomic E-state index is -0.577. The predicted molar refractivity (Wildman–Crippen MR) is 162 cm³/mol. The minimum absolute atomic E-state index is 0.0570. The number of nitrogens with zero attached hydrogens (tertiary/aromatic N) is 1. The molecule has 0 bridgehead atoms. The van der Waals surface area contributed by atoms with E-state index in [4.69, 9.17) is 21.1 Å². The number of aliphatic hydroxyl groups excluding tert-OH is 1. The first-order valence-electron chi connectivity index (χ1n) is 16.7. The SMILES string of the molecule is CC(C)(CO)O[C@H]1CCC2OC[C@H]3NCCCC3C(CCCN3CCC(O)(C4CCC(Cl)CC4)C(C)(C)C3)[C@H]2C1. The van der Waals surface area contributed by atoms with Crippen LogP contribution in [-0.4, -0.2) is 89.3 Å². The molecule has 2 saturated carbocycles. The summed E-state index contributed by atoms with van der Waals surface area (Å²) < 4.78 is 13.0. The van der Waals surface area contributed by atoms with Gasteiger partial charge in [-0.3, -0.25) is 0 Å². The van der Waals surface area contributed by atoms with Gasteiger partial charge in [0.1, 0.15) is 0 Å². The van der Waals surface area contributed by atoms with Gasteiger partial charge in [-0.15, -0.1) is 11.6 Å². The van der Waals surface area contributed by atoms with Crippen LogP contribution in [0.15, 0.2) is 0 Å².